The third-order valence-corrected chi connectivity index (χ3v) is 1.41. The van der Waals surface area contributed by atoms with Gasteiger partial charge in [0.2, 0.25) is 0 Å². The van der Waals surface area contributed by atoms with Crippen LogP contribution in [0.15, 0.2) is 0 Å². The lowest BCUT2D eigenvalue weighted by Gasteiger charge is -2.15. The highest BCUT2D eigenvalue weighted by molar-refractivity contribution is 5.75. The molecule has 0 aliphatic heterocycles. The Hall–Kier alpha value is -1.14. The summed E-state index contributed by atoms with van der Waals surface area (Å²) in [5.41, 5.74) is -0.432. The molecule has 6 heteroatoms. The highest BCUT2D eigenvalue weighted by atomic mass is 16.7. The van der Waals surface area contributed by atoms with Crippen molar-refractivity contribution in [1.29, 1.82) is 0 Å². The Morgan fingerprint density at radius 2 is 1.27 bits per heavy atom. The van der Waals surface area contributed by atoms with Crippen LogP contribution in [0, 0.1) is 5.41 Å². The smallest absolute Gasteiger partial charge is 0.331 e. The maximum absolute atomic E-state index is 10.9. The monoisotopic (exact) mass is 326 g/mol. The van der Waals surface area contributed by atoms with Crippen molar-refractivity contribution in [3.63, 3.8) is 0 Å². The molecule has 0 aromatic rings. The van der Waals surface area contributed by atoms with Crippen molar-refractivity contribution < 1.29 is 28.5 Å². The van der Waals surface area contributed by atoms with Gasteiger partial charge in [-0.3, -0.25) is 4.79 Å². The maximum atomic E-state index is 10.9. The molecule has 0 heterocycles. The molecule has 0 atom stereocenters. The van der Waals surface area contributed by atoms with E-state index in [-0.39, 0.29) is 32.8 Å². The lowest BCUT2D eigenvalue weighted by molar-refractivity contribution is -0.163. The van der Waals surface area contributed by atoms with Crippen molar-refractivity contribution in [2.45, 2.75) is 55.9 Å². The van der Waals surface area contributed by atoms with Gasteiger partial charge in [-0.25, -0.2) is 4.79 Å². The second-order valence-corrected chi connectivity index (χ2v) is 4.10. The summed E-state index contributed by atoms with van der Waals surface area (Å²) in [4.78, 5) is 21.0. The molecular formula is C16H38O6. The van der Waals surface area contributed by atoms with E-state index in [0.717, 1.165) is 0 Å². The summed E-state index contributed by atoms with van der Waals surface area (Å²) in [5.74, 6) is -0.586. The lowest BCUT2D eigenvalue weighted by atomic mass is 9.98. The number of ether oxygens (including phenoxy) is 4. The van der Waals surface area contributed by atoms with Gasteiger partial charge in [-0.05, 0) is 20.8 Å². The summed E-state index contributed by atoms with van der Waals surface area (Å²) in [6.45, 7) is 13.5. The van der Waals surface area contributed by atoms with Gasteiger partial charge in [-0.2, -0.15) is 0 Å². The molecule has 0 N–H and O–H groups in total. The second-order valence-electron chi connectivity index (χ2n) is 4.10. The third kappa shape index (κ3) is 31.3. The fourth-order valence-corrected chi connectivity index (χ4v) is 0.506. The molecule has 138 valence electrons. The molecule has 0 fully saturated rings. The zero-order valence-corrected chi connectivity index (χ0v) is 15.4. The average molecular weight is 326 g/mol. The Morgan fingerprint density at radius 3 is 1.45 bits per heavy atom. The number of methoxy groups -OCH3 is 3. The van der Waals surface area contributed by atoms with Gasteiger partial charge in [0.25, 0.3) is 0 Å². The molecule has 6 nitrogen and oxygen atoms in total. The van der Waals surface area contributed by atoms with E-state index in [4.69, 9.17) is 4.74 Å². The highest BCUT2D eigenvalue weighted by Crippen LogP contribution is 2.14. The number of carbonyl (C=O) groups excluding carboxylic acids is 2. The first-order valence-corrected chi connectivity index (χ1v) is 7.01. The van der Waals surface area contributed by atoms with Crippen LogP contribution in [0.5, 0.6) is 0 Å². The molecule has 0 radical (unpaired) electrons. The quantitative estimate of drug-likeness (QED) is 0.580. The third-order valence-electron chi connectivity index (χ3n) is 1.41. The van der Waals surface area contributed by atoms with Gasteiger partial charge in [-0.1, -0.05) is 35.1 Å². The van der Waals surface area contributed by atoms with Crippen LogP contribution in [-0.4, -0.2) is 46.7 Å². The topological polar surface area (TPSA) is 71.1 Å². The van der Waals surface area contributed by atoms with E-state index in [1.165, 1.54) is 21.3 Å². The fourth-order valence-electron chi connectivity index (χ4n) is 0.506. The van der Waals surface area contributed by atoms with Crippen molar-refractivity contribution in [3.05, 3.63) is 0 Å². The molecule has 0 spiro atoms. The largest absolute Gasteiger partial charge is 0.467 e. The Bertz CT molecular complexity index is 221. The van der Waals surface area contributed by atoms with Crippen LogP contribution in [-0.2, 0) is 28.5 Å². The number of carbonyl (C=O) groups is 2. The molecule has 0 bridgehead atoms. The molecular weight excluding hydrogens is 288 g/mol. The van der Waals surface area contributed by atoms with E-state index in [0.29, 0.717) is 0 Å². The van der Waals surface area contributed by atoms with E-state index in [1.807, 2.05) is 27.7 Å². The zero-order valence-electron chi connectivity index (χ0n) is 15.4. The molecule has 22 heavy (non-hydrogen) atoms. The van der Waals surface area contributed by atoms with E-state index >= 15 is 0 Å². The van der Waals surface area contributed by atoms with E-state index in [1.54, 1.807) is 20.8 Å². The van der Waals surface area contributed by atoms with Gasteiger partial charge >= 0.3 is 11.9 Å². The van der Waals surface area contributed by atoms with Crippen molar-refractivity contribution >= 4 is 11.9 Å². The van der Waals surface area contributed by atoms with Crippen LogP contribution in [0.1, 0.15) is 55.9 Å². The summed E-state index contributed by atoms with van der Waals surface area (Å²) in [5, 5.41) is 0. The van der Waals surface area contributed by atoms with Crippen LogP contribution in [0.4, 0.5) is 0 Å². The highest BCUT2D eigenvalue weighted by Gasteiger charge is 2.22. The van der Waals surface area contributed by atoms with E-state index in [9.17, 15) is 9.59 Å². The zero-order chi connectivity index (χ0) is 17.9. The molecule has 0 aliphatic carbocycles. The van der Waals surface area contributed by atoms with E-state index < -0.39 is 5.41 Å². The lowest BCUT2D eigenvalue weighted by Crippen LogP contribution is -2.23. The molecule has 0 amide bonds. The molecule has 0 unspecified atom stereocenters. The van der Waals surface area contributed by atoms with Crippen LogP contribution < -0.4 is 0 Å². The molecule has 0 aromatic heterocycles. The standard InChI is InChI=1S/C7H14O3.C4H8O3.2C2H6.CH4/c1-7(2,3)6(8)10-5-9-4;1-6-3-4(5)7-2;2*1-2;/h5H2,1-4H3;3H2,1-2H3;2*1-2H3;1H4. The Morgan fingerprint density at radius 1 is 0.864 bits per heavy atom. The van der Waals surface area contributed by atoms with Gasteiger partial charge < -0.3 is 18.9 Å². The van der Waals surface area contributed by atoms with Gasteiger partial charge in [0, 0.05) is 14.2 Å². The van der Waals surface area contributed by atoms with Gasteiger partial charge in [0.15, 0.2) is 6.79 Å². The molecule has 0 aromatic carbocycles. The predicted molar refractivity (Wildman–Crippen MR) is 90.7 cm³/mol. The van der Waals surface area contributed by atoms with Crippen molar-refractivity contribution in [2.24, 2.45) is 5.41 Å². The van der Waals surface area contributed by atoms with Crippen molar-refractivity contribution in [3.8, 4) is 0 Å². The SMILES string of the molecule is C.CC.CC.COCC(=O)OC.COCOC(=O)C(C)(C)C. The van der Waals surface area contributed by atoms with Crippen LogP contribution in [0.25, 0.3) is 0 Å². The van der Waals surface area contributed by atoms with Crippen molar-refractivity contribution in [1.82, 2.24) is 0 Å². The first-order valence-electron chi connectivity index (χ1n) is 7.01. The van der Waals surface area contributed by atoms with Crippen LogP contribution in [0.3, 0.4) is 0 Å². The second kappa shape index (κ2) is 24.9. The Kier molecular flexibility index (Phi) is 36.9. The van der Waals surface area contributed by atoms with Crippen LogP contribution >= 0.6 is 0 Å². The fraction of sp³-hybridized carbons (Fsp3) is 0.875. The summed E-state index contributed by atoms with van der Waals surface area (Å²) < 4.78 is 17.9. The maximum Gasteiger partial charge on any atom is 0.331 e. The summed E-state index contributed by atoms with van der Waals surface area (Å²) in [6.07, 6.45) is 0. The van der Waals surface area contributed by atoms with Crippen molar-refractivity contribution in [2.75, 3.05) is 34.7 Å². The van der Waals surface area contributed by atoms with E-state index in [2.05, 4.69) is 14.2 Å². The van der Waals surface area contributed by atoms with Gasteiger partial charge in [0.1, 0.15) is 6.61 Å². The summed E-state index contributed by atoms with van der Waals surface area (Å²) >= 11 is 0. The molecule has 0 saturated heterocycles. The normalized spacial score (nSPS) is 8.27. The summed E-state index contributed by atoms with van der Waals surface area (Å²) in [7, 11) is 4.24. The Labute approximate surface area is 137 Å². The average Bonchev–Trinajstić information content (AvgIpc) is 2.48. The first-order chi connectivity index (χ1) is 9.79. The van der Waals surface area contributed by atoms with Gasteiger partial charge in [0.05, 0.1) is 12.5 Å². The molecule has 0 rings (SSSR count). The molecule has 0 saturated carbocycles. The minimum atomic E-state index is -0.432. The number of esters is 2. The predicted octanol–water partition coefficient (Wildman–Crippen LogP) is 3.67. The minimum Gasteiger partial charge on any atom is -0.467 e. The number of hydrogen-bond donors (Lipinski definition) is 0. The minimum absolute atomic E-state index is 0. The number of rotatable bonds is 4. The Balaban J connectivity index is -0.0000000708. The summed E-state index contributed by atoms with van der Waals surface area (Å²) in [6, 6.07) is 0. The first kappa shape index (κ1) is 32.7. The number of hydrogen-bond acceptors (Lipinski definition) is 6. The van der Waals surface area contributed by atoms with Gasteiger partial charge in [-0.15, -0.1) is 0 Å². The molecule has 0 aliphatic rings. The van der Waals surface area contributed by atoms with Crippen LogP contribution in [0.2, 0.25) is 0 Å².